The number of anilines is 1. The van der Waals surface area contributed by atoms with Crippen LogP contribution in [-0.2, 0) is 0 Å². The van der Waals surface area contributed by atoms with Gasteiger partial charge in [-0.05, 0) is 25.1 Å². The highest BCUT2D eigenvalue weighted by Crippen LogP contribution is 2.23. The molecule has 0 N–H and O–H groups in total. The van der Waals surface area contributed by atoms with E-state index < -0.39 is 4.92 Å². The predicted molar refractivity (Wildman–Crippen MR) is 77.0 cm³/mol. The van der Waals surface area contributed by atoms with E-state index in [0.717, 1.165) is 5.69 Å². The Morgan fingerprint density at radius 3 is 2.35 bits per heavy atom. The molecule has 0 atom stereocenters. The number of nitro groups is 1. The van der Waals surface area contributed by atoms with Crippen molar-refractivity contribution in [2.24, 2.45) is 0 Å². The quantitative estimate of drug-likeness (QED) is 0.635. The number of nitrogens with zero attached hydrogens (tertiary/aromatic N) is 2. The van der Waals surface area contributed by atoms with E-state index in [1.807, 2.05) is 30.3 Å². The number of para-hydroxylation sites is 1. The summed E-state index contributed by atoms with van der Waals surface area (Å²) in [5.41, 5.74) is 1.41. The van der Waals surface area contributed by atoms with Gasteiger partial charge in [0.1, 0.15) is 0 Å². The molecule has 0 spiro atoms. The molecule has 5 heteroatoms. The first kappa shape index (κ1) is 13.7. The van der Waals surface area contributed by atoms with Gasteiger partial charge in [-0.3, -0.25) is 14.9 Å². The highest BCUT2D eigenvalue weighted by Gasteiger charge is 2.20. The van der Waals surface area contributed by atoms with E-state index in [1.54, 1.807) is 20.0 Å². The molecule has 0 unspecified atom stereocenters. The predicted octanol–water partition coefficient (Wildman–Crippen LogP) is 3.18. The van der Waals surface area contributed by atoms with Crippen LogP contribution in [0.5, 0.6) is 0 Å². The van der Waals surface area contributed by atoms with E-state index in [4.69, 9.17) is 0 Å². The summed E-state index contributed by atoms with van der Waals surface area (Å²) in [6, 6.07) is 13.7. The van der Waals surface area contributed by atoms with Gasteiger partial charge >= 0.3 is 0 Å². The Labute approximate surface area is 116 Å². The molecule has 0 bridgehead atoms. The van der Waals surface area contributed by atoms with Crippen molar-refractivity contribution in [3.63, 3.8) is 0 Å². The van der Waals surface area contributed by atoms with Crippen LogP contribution in [-0.4, -0.2) is 17.9 Å². The number of amides is 1. The largest absolute Gasteiger partial charge is 0.311 e. The molecule has 0 aliphatic carbocycles. The van der Waals surface area contributed by atoms with Gasteiger partial charge in [-0.1, -0.05) is 24.3 Å². The van der Waals surface area contributed by atoms with Crippen molar-refractivity contribution in [3.05, 3.63) is 69.8 Å². The summed E-state index contributed by atoms with van der Waals surface area (Å²) in [5, 5.41) is 10.9. The van der Waals surface area contributed by atoms with Gasteiger partial charge in [0.2, 0.25) is 0 Å². The van der Waals surface area contributed by atoms with E-state index >= 15 is 0 Å². The fourth-order valence-electron chi connectivity index (χ4n) is 2.00. The third-order valence-electron chi connectivity index (χ3n) is 3.18. The van der Waals surface area contributed by atoms with Gasteiger partial charge in [-0.2, -0.15) is 0 Å². The highest BCUT2D eigenvalue weighted by atomic mass is 16.6. The first-order valence-electron chi connectivity index (χ1n) is 6.09. The maximum Gasteiger partial charge on any atom is 0.273 e. The lowest BCUT2D eigenvalue weighted by molar-refractivity contribution is -0.385. The molecule has 0 aliphatic rings. The van der Waals surface area contributed by atoms with Crippen molar-refractivity contribution in [1.82, 2.24) is 0 Å². The second-order valence-electron chi connectivity index (χ2n) is 4.41. The Morgan fingerprint density at radius 1 is 1.10 bits per heavy atom. The smallest absolute Gasteiger partial charge is 0.273 e. The molecule has 1 amide bonds. The van der Waals surface area contributed by atoms with Crippen LogP contribution in [0, 0.1) is 17.0 Å². The van der Waals surface area contributed by atoms with E-state index in [9.17, 15) is 14.9 Å². The van der Waals surface area contributed by atoms with Gasteiger partial charge in [-0.25, -0.2) is 0 Å². The van der Waals surface area contributed by atoms with Crippen LogP contribution in [0.1, 0.15) is 15.9 Å². The van der Waals surface area contributed by atoms with E-state index in [2.05, 4.69) is 0 Å². The number of carbonyl (C=O) groups excluding carboxylic acids is 1. The van der Waals surface area contributed by atoms with Gasteiger partial charge < -0.3 is 4.90 Å². The zero-order valence-electron chi connectivity index (χ0n) is 11.2. The van der Waals surface area contributed by atoms with E-state index in [-0.39, 0.29) is 11.6 Å². The number of rotatable bonds is 3. The monoisotopic (exact) mass is 270 g/mol. The topological polar surface area (TPSA) is 63.5 Å². The number of carbonyl (C=O) groups is 1. The maximum absolute atomic E-state index is 12.4. The Hall–Kier alpha value is -2.69. The molecule has 2 rings (SSSR count). The molecule has 0 heterocycles. The summed E-state index contributed by atoms with van der Waals surface area (Å²) in [7, 11) is 1.65. The Kier molecular flexibility index (Phi) is 3.79. The first-order chi connectivity index (χ1) is 9.52. The second-order valence-corrected chi connectivity index (χ2v) is 4.41. The minimum atomic E-state index is -0.478. The van der Waals surface area contributed by atoms with Crippen molar-refractivity contribution in [2.45, 2.75) is 6.92 Å². The molecule has 0 saturated heterocycles. The molecule has 0 aliphatic heterocycles. The SMILES string of the molecule is Cc1c(C(=O)N(C)c2ccccc2)cccc1[N+](=O)[O-]. The van der Waals surface area contributed by atoms with Crippen molar-refractivity contribution >= 4 is 17.3 Å². The summed E-state index contributed by atoms with van der Waals surface area (Å²) in [5.74, 6) is -0.266. The molecule has 5 nitrogen and oxygen atoms in total. The third kappa shape index (κ3) is 2.51. The van der Waals surface area contributed by atoms with Crippen LogP contribution >= 0.6 is 0 Å². The molecule has 0 aromatic heterocycles. The fraction of sp³-hybridized carbons (Fsp3) is 0.133. The summed E-state index contributed by atoms with van der Waals surface area (Å²) < 4.78 is 0. The molecule has 20 heavy (non-hydrogen) atoms. The van der Waals surface area contributed by atoms with Crippen molar-refractivity contribution in [2.75, 3.05) is 11.9 Å². The number of hydrogen-bond acceptors (Lipinski definition) is 3. The van der Waals surface area contributed by atoms with Crippen molar-refractivity contribution in [1.29, 1.82) is 0 Å². The standard InChI is InChI=1S/C15H14N2O3/c1-11-13(9-6-10-14(11)17(19)20)15(18)16(2)12-7-4-3-5-8-12/h3-10H,1-2H3. The molecule has 102 valence electrons. The maximum atomic E-state index is 12.4. The van der Waals surface area contributed by atoms with Crippen LogP contribution in [0.4, 0.5) is 11.4 Å². The highest BCUT2D eigenvalue weighted by molar-refractivity contribution is 6.07. The lowest BCUT2D eigenvalue weighted by Gasteiger charge is -2.18. The van der Waals surface area contributed by atoms with Crippen molar-refractivity contribution < 1.29 is 9.72 Å². The van der Waals surface area contributed by atoms with Crippen LogP contribution < -0.4 is 4.90 Å². The average molecular weight is 270 g/mol. The number of nitro benzene ring substituents is 1. The Morgan fingerprint density at radius 2 is 1.75 bits per heavy atom. The lowest BCUT2D eigenvalue weighted by Crippen LogP contribution is -2.27. The van der Waals surface area contributed by atoms with Crippen molar-refractivity contribution in [3.8, 4) is 0 Å². The summed E-state index contributed by atoms with van der Waals surface area (Å²) in [6.07, 6.45) is 0. The van der Waals surface area contributed by atoms with Gasteiger partial charge in [-0.15, -0.1) is 0 Å². The van der Waals surface area contributed by atoms with Crippen LogP contribution in [0.15, 0.2) is 48.5 Å². The zero-order valence-corrected chi connectivity index (χ0v) is 11.2. The van der Waals surface area contributed by atoms with Crippen LogP contribution in [0.2, 0.25) is 0 Å². The van der Waals surface area contributed by atoms with E-state index in [1.165, 1.54) is 17.0 Å². The lowest BCUT2D eigenvalue weighted by atomic mass is 10.1. The molecule has 2 aromatic carbocycles. The number of benzene rings is 2. The third-order valence-corrected chi connectivity index (χ3v) is 3.18. The second kappa shape index (κ2) is 5.52. The Balaban J connectivity index is 2.40. The molecule has 0 radical (unpaired) electrons. The van der Waals surface area contributed by atoms with Crippen LogP contribution in [0.25, 0.3) is 0 Å². The normalized spacial score (nSPS) is 10.1. The minimum absolute atomic E-state index is 0.0442. The minimum Gasteiger partial charge on any atom is -0.311 e. The van der Waals surface area contributed by atoms with Crippen LogP contribution in [0.3, 0.4) is 0 Å². The fourth-order valence-corrected chi connectivity index (χ4v) is 2.00. The zero-order chi connectivity index (χ0) is 14.7. The molecular formula is C15H14N2O3. The molecule has 0 fully saturated rings. The first-order valence-corrected chi connectivity index (χ1v) is 6.09. The summed E-state index contributed by atoms with van der Waals surface area (Å²) in [6.45, 7) is 1.59. The van der Waals surface area contributed by atoms with Gasteiger partial charge in [0, 0.05) is 29.9 Å². The molecule has 0 saturated carbocycles. The molecule has 2 aromatic rings. The molecular weight excluding hydrogens is 256 g/mol. The number of hydrogen-bond donors (Lipinski definition) is 0. The van der Waals surface area contributed by atoms with E-state index in [0.29, 0.717) is 11.1 Å². The van der Waals surface area contributed by atoms with Gasteiger partial charge in [0.25, 0.3) is 11.6 Å². The van der Waals surface area contributed by atoms with Gasteiger partial charge in [0.05, 0.1) is 4.92 Å². The summed E-state index contributed by atoms with van der Waals surface area (Å²) in [4.78, 5) is 24.4. The Bertz CT molecular complexity index is 653. The average Bonchev–Trinajstić information content (AvgIpc) is 2.46. The van der Waals surface area contributed by atoms with Gasteiger partial charge in [0.15, 0.2) is 0 Å². The summed E-state index contributed by atoms with van der Waals surface area (Å²) >= 11 is 0.